The number of hydrogen-bond donors (Lipinski definition) is 4. The standard InChI is InChI=1S/C42H66N2O12/c1-8-12-28-19-24(2)13-11-15-33(52-5)38-35(54-7)21-26(4)42(51,56-38)39(48)40(49)44-18-10-9-14-29(44)41(50)55-37(36(43)32(47)23-31(28)46)25(3)20-27-16-17-30(45)34(22-27)53-6/h8,19-20,26-30,32-38,45,47,51H,1,9-18,21-23,43H2,2-7H3/b24-19+,25-20+/t26-,27?,28+,29+,30-,32-,33+,34-,35+,36-,37-,38-,42-/m1/s1. The van der Waals surface area contributed by atoms with Crippen molar-refractivity contribution in [2.45, 2.75) is 158 Å². The highest BCUT2D eigenvalue weighted by molar-refractivity contribution is 6.39. The van der Waals surface area contributed by atoms with Crippen molar-refractivity contribution >= 4 is 23.4 Å². The van der Waals surface area contributed by atoms with Gasteiger partial charge in [0.2, 0.25) is 5.79 Å². The average Bonchev–Trinajstić information content (AvgIpc) is 3.18. The van der Waals surface area contributed by atoms with Gasteiger partial charge in [0, 0.05) is 46.1 Å². The van der Waals surface area contributed by atoms with Crippen LogP contribution in [0.2, 0.25) is 0 Å². The first-order valence-corrected chi connectivity index (χ1v) is 20.2. The van der Waals surface area contributed by atoms with Crippen molar-refractivity contribution in [1.29, 1.82) is 0 Å². The van der Waals surface area contributed by atoms with Crippen LogP contribution in [0.15, 0.2) is 36.0 Å². The number of hydrogen-bond acceptors (Lipinski definition) is 13. The fourth-order valence-corrected chi connectivity index (χ4v) is 8.85. The molecule has 1 unspecified atom stereocenters. The smallest absolute Gasteiger partial charge is 0.329 e. The number of carbonyl (C=O) groups excluding carboxylic acids is 4. The summed E-state index contributed by atoms with van der Waals surface area (Å²) in [6, 6.07) is -2.43. The molecule has 316 valence electrons. The van der Waals surface area contributed by atoms with E-state index in [1.807, 2.05) is 19.1 Å². The van der Waals surface area contributed by atoms with Crippen molar-refractivity contribution in [2.24, 2.45) is 23.5 Å². The molecule has 3 aliphatic heterocycles. The van der Waals surface area contributed by atoms with E-state index in [0.29, 0.717) is 63.4 Å². The van der Waals surface area contributed by atoms with Gasteiger partial charge >= 0.3 is 5.97 Å². The minimum atomic E-state index is -2.52. The molecule has 13 atom stereocenters. The molecule has 4 rings (SSSR count). The number of ketones is 2. The van der Waals surface area contributed by atoms with E-state index >= 15 is 0 Å². The van der Waals surface area contributed by atoms with Crippen molar-refractivity contribution < 1.29 is 58.2 Å². The molecular weight excluding hydrogens is 724 g/mol. The van der Waals surface area contributed by atoms with Gasteiger partial charge < -0.3 is 49.6 Å². The normalized spacial score (nSPS) is 40.1. The summed E-state index contributed by atoms with van der Waals surface area (Å²) in [6.45, 7) is 9.15. The van der Waals surface area contributed by atoms with E-state index in [0.717, 1.165) is 10.5 Å². The van der Waals surface area contributed by atoms with E-state index in [1.54, 1.807) is 19.9 Å². The van der Waals surface area contributed by atoms with Crippen molar-refractivity contribution in [3.05, 3.63) is 36.0 Å². The van der Waals surface area contributed by atoms with Gasteiger partial charge in [-0.05, 0) is 96.0 Å². The summed E-state index contributed by atoms with van der Waals surface area (Å²) in [5, 5.41) is 33.9. The summed E-state index contributed by atoms with van der Waals surface area (Å²) in [5.41, 5.74) is 8.17. The Labute approximate surface area is 331 Å². The molecule has 2 saturated heterocycles. The third-order valence-corrected chi connectivity index (χ3v) is 12.3. The molecule has 4 aliphatic rings. The number of allylic oxidation sites excluding steroid dienone is 4. The lowest BCUT2D eigenvalue weighted by Gasteiger charge is -2.46. The first-order valence-electron chi connectivity index (χ1n) is 20.2. The number of rotatable bonds is 7. The summed E-state index contributed by atoms with van der Waals surface area (Å²) in [5.74, 6) is -7.35. The molecule has 0 aromatic heterocycles. The fourth-order valence-electron chi connectivity index (χ4n) is 8.85. The lowest BCUT2D eigenvalue weighted by Crippen LogP contribution is -2.64. The molecule has 14 nitrogen and oxygen atoms in total. The lowest BCUT2D eigenvalue weighted by atomic mass is 9.83. The Bertz CT molecular complexity index is 1450. The summed E-state index contributed by atoms with van der Waals surface area (Å²) in [7, 11) is 4.56. The molecule has 1 aliphatic carbocycles. The molecular formula is C42H66N2O12. The first-order chi connectivity index (χ1) is 26.6. The maximum atomic E-state index is 14.2. The van der Waals surface area contributed by atoms with Crippen LogP contribution in [0.3, 0.4) is 0 Å². The predicted molar refractivity (Wildman–Crippen MR) is 207 cm³/mol. The third-order valence-electron chi connectivity index (χ3n) is 12.3. The molecule has 3 fully saturated rings. The van der Waals surface area contributed by atoms with E-state index in [9.17, 15) is 34.5 Å². The van der Waals surface area contributed by atoms with Crippen LogP contribution in [0.25, 0.3) is 0 Å². The van der Waals surface area contributed by atoms with E-state index < -0.39 is 84.0 Å². The number of methoxy groups -OCH3 is 3. The van der Waals surface area contributed by atoms with Crippen molar-refractivity contribution in [3.8, 4) is 0 Å². The Balaban J connectivity index is 1.76. The molecule has 1 saturated carbocycles. The SMILES string of the molecule is C=CC[C@H]1/C=C(\C)CCC[C@H](OC)[C@H]2O[C@@](O)(C(=O)C(=O)N3CCCC[C@H]3C(=O)O[C@H](/C(C)=C/C3CC[C@@H](O)[C@H](OC)C3)[C@H](N)[C@H](O)CC1=O)[C@H](C)C[C@@H]2OC. The monoisotopic (exact) mass is 790 g/mol. The highest BCUT2D eigenvalue weighted by Crippen LogP contribution is 2.38. The van der Waals surface area contributed by atoms with Crippen molar-refractivity contribution in [3.63, 3.8) is 0 Å². The number of aliphatic hydroxyl groups excluding tert-OH is 2. The molecule has 0 spiro atoms. The minimum absolute atomic E-state index is 0.0577. The topological polar surface area (TPSA) is 204 Å². The Hall–Kier alpha value is -2.82. The van der Waals surface area contributed by atoms with Gasteiger partial charge in [-0.3, -0.25) is 14.4 Å². The molecule has 5 N–H and O–H groups in total. The number of fused-ring (bicyclic) bond motifs is 3. The zero-order chi connectivity index (χ0) is 41.3. The predicted octanol–water partition coefficient (Wildman–Crippen LogP) is 3.08. The van der Waals surface area contributed by atoms with Crippen LogP contribution in [0.5, 0.6) is 0 Å². The number of esters is 1. The minimum Gasteiger partial charge on any atom is -0.455 e. The Morgan fingerprint density at radius 1 is 0.982 bits per heavy atom. The summed E-state index contributed by atoms with van der Waals surface area (Å²) >= 11 is 0. The van der Waals surface area contributed by atoms with Crippen LogP contribution < -0.4 is 5.73 Å². The van der Waals surface area contributed by atoms with Gasteiger partial charge in [0.25, 0.3) is 11.7 Å². The number of cyclic esters (lactones) is 1. The summed E-state index contributed by atoms with van der Waals surface area (Å²) in [4.78, 5) is 57.4. The zero-order valence-corrected chi connectivity index (χ0v) is 34.1. The third kappa shape index (κ3) is 10.8. The van der Waals surface area contributed by atoms with Crippen LogP contribution in [-0.2, 0) is 42.9 Å². The Kier molecular flexibility index (Phi) is 17.0. The summed E-state index contributed by atoms with van der Waals surface area (Å²) < 4.78 is 29.4. The highest BCUT2D eigenvalue weighted by atomic mass is 16.7. The van der Waals surface area contributed by atoms with Gasteiger partial charge in [-0.25, -0.2) is 4.79 Å². The Morgan fingerprint density at radius 3 is 2.34 bits per heavy atom. The van der Waals surface area contributed by atoms with E-state index in [-0.39, 0.29) is 43.6 Å². The largest absolute Gasteiger partial charge is 0.455 e. The van der Waals surface area contributed by atoms with Gasteiger partial charge in [-0.2, -0.15) is 0 Å². The van der Waals surface area contributed by atoms with Gasteiger partial charge in [0.1, 0.15) is 24.0 Å². The first kappa shape index (κ1) is 45.9. The number of Topliss-reactive ketones (excluding diaryl/α,β-unsaturated/α-hetero) is 2. The molecule has 1 amide bonds. The van der Waals surface area contributed by atoms with Crippen LogP contribution in [0, 0.1) is 17.8 Å². The highest BCUT2D eigenvalue weighted by Gasteiger charge is 2.56. The number of amides is 1. The second-order valence-electron chi connectivity index (χ2n) is 16.3. The van der Waals surface area contributed by atoms with Gasteiger partial charge in [0.15, 0.2) is 0 Å². The van der Waals surface area contributed by atoms with Gasteiger partial charge in [0.05, 0.1) is 36.6 Å². The van der Waals surface area contributed by atoms with E-state index in [2.05, 4.69) is 6.58 Å². The van der Waals surface area contributed by atoms with Crippen molar-refractivity contribution in [1.82, 2.24) is 4.90 Å². The van der Waals surface area contributed by atoms with E-state index in [4.69, 9.17) is 29.4 Å². The molecule has 0 aromatic carbocycles. The number of ether oxygens (including phenoxy) is 5. The molecule has 0 aromatic rings. The maximum Gasteiger partial charge on any atom is 0.329 e. The second-order valence-corrected chi connectivity index (χ2v) is 16.3. The second kappa shape index (κ2) is 20.7. The number of piperidine rings is 1. The molecule has 3 heterocycles. The van der Waals surface area contributed by atoms with Crippen molar-refractivity contribution in [2.75, 3.05) is 27.9 Å². The zero-order valence-electron chi connectivity index (χ0n) is 34.1. The Morgan fingerprint density at radius 2 is 1.68 bits per heavy atom. The molecule has 0 radical (unpaired) electrons. The maximum absolute atomic E-state index is 14.2. The van der Waals surface area contributed by atoms with E-state index in [1.165, 1.54) is 21.3 Å². The average molecular weight is 791 g/mol. The lowest BCUT2D eigenvalue weighted by molar-refractivity contribution is -0.302. The van der Waals surface area contributed by atoms with Crippen LogP contribution in [-0.4, -0.2) is 132 Å². The van der Waals surface area contributed by atoms with Crippen LogP contribution in [0.1, 0.15) is 97.8 Å². The molecule has 56 heavy (non-hydrogen) atoms. The number of aliphatic hydroxyl groups is 3. The number of nitrogens with two attached hydrogens (primary N) is 1. The van der Waals surface area contributed by atoms with Gasteiger partial charge in [-0.15, -0.1) is 6.58 Å². The summed E-state index contributed by atoms with van der Waals surface area (Å²) in [6.07, 6.45) is 4.52. The fraction of sp³-hybridized carbons (Fsp3) is 0.762. The molecule has 2 bridgehead atoms. The number of carbonyl (C=O) groups is 4. The van der Waals surface area contributed by atoms with Crippen LogP contribution in [0.4, 0.5) is 0 Å². The quantitative estimate of drug-likeness (QED) is 0.167. The molecule has 14 heteroatoms. The van der Waals surface area contributed by atoms with Gasteiger partial charge in [-0.1, -0.05) is 30.7 Å². The van der Waals surface area contributed by atoms with Crippen LogP contribution >= 0.6 is 0 Å². The number of nitrogens with zero attached hydrogens (tertiary/aromatic N) is 1.